The molecule has 1 aliphatic rings. The number of halogens is 2. The highest BCUT2D eigenvalue weighted by molar-refractivity contribution is 14.1. The van der Waals surface area contributed by atoms with E-state index in [2.05, 4.69) is 27.9 Å². The number of carbonyl (C=O) groups excluding carboxylic acids is 3. The number of anilines is 1. The van der Waals surface area contributed by atoms with Gasteiger partial charge in [0.2, 0.25) is 0 Å². The minimum Gasteiger partial charge on any atom is -0.490 e. The van der Waals surface area contributed by atoms with Gasteiger partial charge in [0.1, 0.15) is 12.2 Å². The quantitative estimate of drug-likeness (QED) is 0.203. The zero-order chi connectivity index (χ0) is 25.8. The number of nitrogens with one attached hydrogen (secondary N) is 1. The van der Waals surface area contributed by atoms with E-state index >= 15 is 0 Å². The largest absolute Gasteiger partial charge is 0.490 e. The Kier molecular flexibility index (Phi) is 7.95. The van der Waals surface area contributed by atoms with Gasteiger partial charge in [-0.1, -0.05) is 48.0 Å². The van der Waals surface area contributed by atoms with Crippen LogP contribution in [-0.2, 0) is 16.2 Å². The number of urea groups is 1. The molecule has 0 atom stereocenters. The van der Waals surface area contributed by atoms with E-state index in [4.69, 9.17) is 21.1 Å². The van der Waals surface area contributed by atoms with Gasteiger partial charge in [0, 0.05) is 5.02 Å². The number of benzene rings is 3. The molecule has 9 heteroatoms. The van der Waals surface area contributed by atoms with Crippen molar-refractivity contribution in [3.05, 3.63) is 91.5 Å². The van der Waals surface area contributed by atoms with Crippen LogP contribution in [0.25, 0.3) is 6.08 Å². The lowest BCUT2D eigenvalue weighted by Crippen LogP contribution is -2.54. The maximum atomic E-state index is 13.2. The molecule has 7 nitrogen and oxygen atoms in total. The third kappa shape index (κ3) is 5.55. The van der Waals surface area contributed by atoms with E-state index in [-0.39, 0.29) is 11.3 Å². The lowest BCUT2D eigenvalue weighted by molar-refractivity contribution is -0.122. The van der Waals surface area contributed by atoms with Crippen LogP contribution in [0.5, 0.6) is 11.5 Å². The third-order valence-electron chi connectivity index (χ3n) is 5.38. The fourth-order valence-electron chi connectivity index (χ4n) is 3.58. The standard InChI is InChI=1S/C27H22ClIN2O5/c1-3-35-23-13-18(12-22(29)24(23)36-15-17-7-5-4-6-8-17)11-20-25(32)30-27(34)31(26(20)33)19-10-9-16(2)21(28)14-19/h4-14H,3,15H2,1-2H3,(H,30,32,34)/b20-11-. The second kappa shape index (κ2) is 11.1. The van der Waals surface area contributed by atoms with Crippen molar-refractivity contribution in [1.29, 1.82) is 0 Å². The minimum absolute atomic E-state index is 0.192. The van der Waals surface area contributed by atoms with Crippen molar-refractivity contribution in [3.63, 3.8) is 0 Å². The SMILES string of the molecule is CCOc1cc(/C=C2/C(=O)NC(=O)N(c3ccc(C)c(Cl)c3)C2=O)cc(I)c1OCc1ccccc1. The van der Waals surface area contributed by atoms with Crippen LogP contribution < -0.4 is 19.7 Å². The lowest BCUT2D eigenvalue weighted by atomic mass is 10.1. The Labute approximate surface area is 227 Å². The van der Waals surface area contributed by atoms with Gasteiger partial charge in [0.15, 0.2) is 11.5 Å². The van der Waals surface area contributed by atoms with E-state index in [9.17, 15) is 14.4 Å². The number of imide groups is 2. The van der Waals surface area contributed by atoms with E-state index in [1.807, 2.05) is 44.2 Å². The van der Waals surface area contributed by atoms with Crippen LogP contribution >= 0.6 is 34.2 Å². The molecule has 1 N–H and O–H groups in total. The molecular formula is C27H22ClIN2O5. The monoisotopic (exact) mass is 616 g/mol. The highest BCUT2D eigenvalue weighted by Gasteiger charge is 2.37. The van der Waals surface area contributed by atoms with Gasteiger partial charge in [-0.2, -0.15) is 0 Å². The normalized spacial score (nSPS) is 14.7. The number of ether oxygens (including phenoxy) is 2. The second-order valence-electron chi connectivity index (χ2n) is 7.93. The van der Waals surface area contributed by atoms with Crippen molar-refractivity contribution in [2.45, 2.75) is 20.5 Å². The second-order valence-corrected chi connectivity index (χ2v) is 9.50. The molecule has 1 heterocycles. The third-order valence-corrected chi connectivity index (χ3v) is 6.59. The fourth-order valence-corrected chi connectivity index (χ4v) is 4.54. The number of rotatable bonds is 7. The molecule has 3 aromatic rings. The Morgan fingerprint density at radius 1 is 1.03 bits per heavy atom. The van der Waals surface area contributed by atoms with Crippen LogP contribution in [0.3, 0.4) is 0 Å². The van der Waals surface area contributed by atoms with Crippen LogP contribution in [0.4, 0.5) is 10.5 Å². The van der Waals surface area contributed by atoms with Gasteiger partial charge in [-0.3, -0.25) is 14.9 Å². The summed E-state index contributed by atoms with van der Waals surface area (Å²) >= 11 is 8.31. The molecule has 0 aromatic heterocycles. The summed E-state index contributed by atoms with van der Waals surface area (Å²) in [5.74, 6) is -0.485. The first-order valence-corrected chi connectivity index (χ1v) is 12.5. The molecule has 0 spiro atoms. The van der Waals surface area contributed by atoms with E-state index in [0.717, 1.165) is 19.6 Å². The Morgan fingerprint density at radius 2 is 1.78 bits per heavy atom. The van der Waals surface area contributed by atoms with Crippen molar-refractivity contribution in [1.82, 2.24) is 5.32 Å². The molecule has 0 bridgehead atoms. The lowest BCUT2D eigenvalue weighted by Gasteiger charge is -2.26. The summed E-state index contributed by atoms with van der Waals surface area (Å²) in [4.78, 5) is 39.2. The van der Waals surface area contributed by atoms with Gasteiger partial charge in [-0.05, 0) is 83.5 Å². The average Bonchev–Trinajstić information content (AvgIpc) is 2.84. The van der Waals surface area contributed by atoms with Crippen molar-refractivity contribution in [2.75, 3.05) is 11.5 Å². The Bertz CT molecular complexity index is 1370. The number of carbonyl (C=O) groups is 3. The summed E-state index contributed by atoms with van der Waals surface area (Å²) < 4.78 is 12.6. The van der Waals surface area contributed by atoms with E-state index < -0.39 is 17.8 Å². The fraction of sp³-hybridized carbons (Fsp3) is 0.148. The number of aryl methyl sites for hydroxylation is 1. The van der Waals surface area contributed by atoms with Crippen molar-refractivity contribution in [3.8, 4) is 11.5 Å². The summed E-state index contributed by atoms with van der Waals surface area (Å²) in [6.45, 7) is 4.42. The number of nitrogens with zero attached hydrogens (tertiary/aromatic N) is 1. The van der Waals surface area contributed by atoms with Crippen LogP contribution in [0.15, 0.2) is 66.2 Å². The zero-order valence-corrected chi connectivity index (χ0v) is 22.4. The molecular weight excluding hydrogens is 595 g/mol. The zero-order valence-electron chi connectivity index (χ0n) is 19.5. The van der Waals surface area contributed by atoms with Crippen molar-refractivity contribution >= 4 is 63.8 Å². The number of hydrogen-bond donors (Lipinski definition) is 1. The number of amides is 4. The molecule has 4 rings (SSSR count). The van der Waals surface area contributed by atoms with E-state index in [0.29, 0.717) is 35.3 Å². The Morgan fingerprint density at radius 3 is 2.47 bits per heavy atom. The summed E-state index contributed by atoms with van der Waals surface area (Å²) in [5.41, 5.74) is 2.42. The predicted octanol–water partition coefficient (Wildman–Crippen LogP) is 5.90. The first-order valence-electron chi connectivity index (χ1n) is 11.1. The van der Waals surface area contributed by atoms with Crippen LogP contribution in [-0.4, -0.2) is 24.5 Å². The maximum Gasteiger partial charge on any atom is 0.335 e. The molecule has 184 valence electrons. The maximum absolute atomic E-state index is 13.2. The molecule has 1 aliphatic heterocycles. The molecule has 3 aromatic carbocycles. The molecule has 1 saturated heterocycles. The van der Waals surface area contributed by atoms with Gasteiger partial charge in [0.25, 0.3) is 11.8 Å². The van der Waals surface area contributed by atoms with Gasteiger partial charge in [-0.15, -0.1) is 0 Å². The first-order chi connectivity index (χ1) is 17.3. The van der Waals surface area contributed by atoms with Crippen LogP contribution in [0.1, 0.15) is 23.6 Å². The number of hydrogen-bond acceptors (Lipinski definition) is 5. The molecule has 36 heavy (non-hydrogen) atoms. The molecule has 0 aliphatic carbocycles. The highest BCUT2D eigenvalue weighted by Crippen LogP contribution is 2.36. The molecule has 0 radical (unpaired) electrons. The van der Waals surface area contributed by atoms with Crippen LogP contribution in [0, 0.1) is 10.5 Å². The van der Waals surface area contributed by atoms with Gasteiger partial charge in [-0.25, -0.2) is 9.69 Å². The van der Waals surface area contributed by atoms with E-state index in [1.165, 1.54) is 12.1 Å². The average molecular weight is 617 g/mol. The summed E-state index contributed by atoms with van der Waals surface area (Å²) in [6.07, 6.45) is 1.43. The Balaban J connectivity index is 1.67. The van der Waals surface area contributed by atoms with Gasteiger partial charge >= 0.3 is 6.03 Å². The van der Waals surface area contributed by atoms with Crippen LogP contribution in [0.2, 0.25) is 5.02 Å². The summed E-state index contributed by atoms with van der Waals surface area (Å²) in [5, 5.41) is 2.63. The van der Waals surface area contributed by atoms with Crippen molar-refractivity contribution in [2.24, 2.45) is 0 Å². The van der Waals surface area contributed by atoms with Gasteiger partial charge < -0.3 is 9.47 Å². The number of barbiturate groups is 1. The van der Waals surface area contributed by atoms with Gasteiger partial charge in [0.05, 0.1) is 15.9 Å². The first kappa shape index (κ1) is 25.7. The molecule has 0 saturated carbocycles. The molecule has 0 unspecified atom stereocenters. The topological polar surface area (TPSA) is 84.9 Å². The molecule has 1 fully saturated rings. The Hall–Kier alpha value is -3.37. The summed E-state index contributed by atoms with van der Waals surface area (Å²) in [7, 11) is 0. The minimum atomic E-state index is -0.837. The summed E-state index contributed by atoms with van der Waals surface area (Å²) in [6, 6.07) is 17.2. The predicted molar refractivity (Wildman–Crippen MR) is 146 cm³/mol. The smallest absolute Gasteiger partial charge is 0.335 e. The van der Waals surface area contributed by atoms with Crippen molar-refractivity contribution < 1.29 is 23.9 Å². The molecule has 4 amide bonds. The van der Waals surface area contributed by atoms with E-state index in [1.54, 1.807) is 24.3 Å². The highest BCUT2D eigenvalue weighted by atomic mass is 127.